The molecule has 0 rings (SSSR count). The predicted octanol–water partition coefficient (Wildman–Crippen LogP) is 0.433. The smallest absolute Gasteiger partial charge is 0.850 e. The van der Waals surface area contributed by atoms with Crippen molar-refractivity contribution >= 4 is 0 Å². The average Bonchev–Trinajstić information content (AvgIpc) is 1.41. The fraction of sp³-hybridized carbons (Fsp3) is 1.00. The molecule has 0 aromatic carbocycles. The quantitative estimate of drug-likeness (QED) is 0.609. The molecule has 0 heterocycles. The molecule has 0 aliphatic heterocycles. The molecule has 0 unspecified atom stereocenters. The Morgan fingerprint density at radius 2 is 0.438 bits per heavy atom. The summed E-state index contributed by atoms with van der Waals surface area (Å²) in [4.78, 5) is 0. The molecule has 0 radical (unpaired) electrons. The zero-order chi connectivity index (χ0) is 13.5. The van der Waals surface area contributed by atoms with Crippen LogP contribution < -0.4 is 15.3 Å². The average molecular weight is 312 g/mol. The van der Waals surface area contributed by atoms with E-state index >= 15 is 0 Å². The van der Waals surface area contributed by atoms with Crippen LogP contribution in [0.2, 0.25) is 0 Å². The van der Waals surface area contributed by atoms with Crippen LogP contribution in [0.1, 0.15) is 62.3 Å². The van der Waals surface area contributed by atoms with Gasteiger partial charge in [-0.25, -0.2) is 0 Å². The third-order valence-corrected chi connectivity index (χ3v) is 0. The molecule has 0 aliphatic carbocycles. The first-order valence-corrected chi connectivity index (χ1v) is 5.11. The fourth-order valence-corrected chi connectivity index (χ4v) is 0. The molecule has 0 bridgehead atoms. The molecule has 98 valence electrons. The van der Waals surface area contributed by atoms with E-state index in [-0.39, 0.29) is 22.4 Å². The largest absolute Gasteiger partial charge is 3.00 e. The van der Waals surface area contributed by atoms with Crippen molar-refractivity contribution in [1.82, 2.24) is 0 Å². The summed E-state index contributed by atoms with van der Waals surface area (Å²) in [6.45, 7) is 14.7. The van der Waals surface area contributed by atoms with Crippen LogP contribution in [0.4, 0.5) is 0 Å². The molecule has 0 saturated heterocycles. The SMILES string of the molecule is CC(C)(C)[O-].CC(C)(C)[O-].CC(C)(C)[O-].[Nb+3]. The Morgan fingerprint density at radius 1 is 0.438 bits per heavy atom. The van der Waals surface area contributed by atoms with E-state index in [0.717, 1.165) is 0 Å². The van der Waals surface area contributed by atoms with Gasteiger partial charge >= 0.3 is 22.4 Å². The van der Waals surface area contributed by atoms with Crippen LogP contribution in [-0.2, 0) is 22.4 Å². The van der Waals surface area contributed by atoms with Gasteiger partial charge in [0, 0.05) is 0 Å². The second-order valence-electron chi connectivity index (χ2n) is 6.34. The first-order chi connectivity index (χ1) is 6.00. The second kappa shape index (κ2) is 9.63. The van der Waals surface area contributed by atoms with Crippen molar-refractivity contribution < 1.29 is 37.7 Å². The van der Waals surface area contributed by atoms with E-state index in [1.807, 2.05) is 0 Å². The Kier molecular flexibility index (Phi) is 15.3. The van der Waals surface area contributed by atoms with Crippen LogP contribution in [0.25, 0.3) is 0 Å². The second-order valence-corrected chi connectivity index (χ2v) is 6.34. The minimum Gasteiger partial charge on any atom is -0.850 e. The van der Waals surface area contributed by atoms with E-state index < -0.39 is 16.8 Å². The van der Waals surface area contributed by atoms with Gasteiger partial charge in [0.05, 0.1) is 0 Å². The Labute approximate surface area is 117 Å². The zero-order valence-corrected chi connectivity index (χ0v) is 14.4. The molecule has 0 aromatic heterocycles. The van der Waals surface area contributed by atoms with E-state index in [1.165, 1.54) is 0 Å². The monoisotopic (exact) mass is 312 g/mol. The molecule has 0 aliphatic rings. The van der Waals surface area contributed by atoms with Gasteiger partial charge in [-0.1, -0.05) is 62.3 Å². The van der Waals surface area contributed by atoms with Gasteiger partial charge in [0.2, 0.25) is 0 Å². The molecule has 16 heavy (non-hydrogen) atoms. The summed E-state index contributed by atoms with van der Waals surface area (Å²) in [6, 6.07) is 0. The first-order valence-electron chi connectivity index (χ1n) is 5.11. The molecule has 0 aromatic rings. The van der Waals surface area contributed by atoms with Crippen molar-refractivity contribution in [2.24, 2.45) is 0 Å². The van der Waals surface area contributed by atoms with Crippen molar-refractivity contribution in [3.63, 3.8) is 0 Å². The molecule has 0 atom stereocenters. The van der Waals surface area contributed by atoms with Gasteiger partial charge in [-0.2, -0.15) is 0 Å². The number of hydrogen-bond donors (Lipinski definition) is 0. The van der Waals surface area contributed by atoms with Crippen LogP contribution in [0.3, 0.4) is 0 Å². The summed E-state index contributed by atoms with van der Waals surface area (Å²) in [7, 11) is 0. The van der Waals surface area contributed by atoms with Crippen molar-refractivity contribution in [1.29, 1.82) is 0 Å². The third-order valence-electron chi connectivity index (χ3n) is 0. The Bertz CT molecular complexity index is 91.3. The third kappa shape index (κ3) is 7050. The maximum atomic E-state index is 10.1. The Hall–Kier alpha value is 0.620. The van der Waals surface area contributed by atoms with Crippen LogP contribution >= 0.6 is 0 Å². The van der Waals surface area contributed by atoms with Crippen molar-refractivity contribution in [3.8, 4) is 0 Å². The summed E-state index contributed by atoms with van der Waals surface area (Å²) in [5.74, 6) is 0. The number of hydrogen-bond acceptors (Lipinski definition) is 3. The molecule has 3 nitrogen and oxygen atoms in total. The van der Waals surface area contributed by atoms with Gasteiger partial charge in [-0.15, -0.1) is 16.8 Å². The van der Waals surface area contributed by atoms with Crippen molar-refractivity contribution in [2.45, 2.75) is 79.1 Å². The van der Waals surface area contributed by atoms with Crippen LogP contribution in [0, 0.1) is 0 Å². The van der Waals surface area contributed by atoms with Crippen molar-refractivity contribution in [3.05, 3.63) is 0 Å². The normalized spacial score (nSPS) is 11.2. The number of rotatable bonds is 0. The molecule has 0 spiro atoms. The Morgan fingerprint density at radius 3 is 0.438 bits per heavy atom. The fourth-order valence-electron chi connectivity index (χ4n) is 0. The topological polar surface area (TPSA) is 69.2 Å². The molecule has 0 saturated carbocycles. The van der Waals surface area contributed by atoms with Gasteiger partial charge in [0.15, 0.2) is 0 Å². The van der Waals surface area contributed by atoms with Gasteiger partial charge in [0.25, 0.3) is 0 Å². The van der Waals surface area contributed by atoms with Crippen molar-refractivity contribution in [2.75, 3.05) is 0 Å². The van der Waals surface area contributed by atoms with E-state index in [9.17, 15) is 15.3 Å². The van der Waals surface area contributed by atoms with Gasteiger partial charge in [0.1, 0.15) is 0 Å². The summed E-state index contributed by atoms with van der Waals surface area (Å²) in [6.07, 6.45) is 0. The minimum absolute atomic E-state index is 0. The molecule has 4 heteroatoms. The first kappa shape index (κ1) is 25.5. The van der Waals surface area contributed by atoms with Gasteiger partial charge in [-0.05, 0) is 0 Å². The van der Waals surface area contributed by atoms with Gasteiger partial charge < -0.3 is 15.3 Å². The van der Waals surface area contributed by atoms with E-state index in [0.29, 0.717) is 0 Å². The minimum atomic E-state index is -0.750. The van der Waals surface area contributed by atoms with E-state index in [1.54, 1.807) is 62.3 Å². The van der Waals surface area contributed by atoms with Crippen LogP contribution in [0.15, 0.2) is 0 Å². The molecular formula is C12H27NbO3. The summed E-state index contributed by atoms with van der Waals surface area (Å²) < 4.78 is 0. The van der Waals surface area contributed by atoms with E-state index in [4.69, 9.17) is 0 Å². The summed E-state index contributed by atoms with van der Waals surface area (Å²) in [5, 5.41) is 30.3. The molecule has 0 amide bonds. The van der Waals surface area contributed by atoms with Crippen LogP contribution in [0.5, 0.6) is 0 Å². The summed E-state index contributed by atoms with van der Waals surface area (Å²) >= 11 is 0. The zero-order valence-electron chi connectivity index (χ0n) is 12.2. The summed E-state index contributed by atoms with van der Waals surface area (Å²) in [5.41, 5.74) is -2.25. The molecular weight excluding hydrogens is 285 g/mol. The molecule has 0 fully saturated rings. The Balaban J connectivity index is -0.0000000655. The maximum Gasteiger partial charge on any atom is 3.00 e. The molecule has 0 N–H and O–H groups in total. The predicted molar refractivity (Wildman–Crippen MR) is 59.3 cm³/mol. The van der Waals surface area contributed by atoms with E-state index in [2.05, 4.69) is 0 Å². The maximum absolute atomic E-state index is 10.1. The van der Waals surface area contributed by atoms with Gasteiger partial charge in [-0.3, -0.25) is 0 Å². The van der Waals surface area contributed by atoms with Crippen LogP contribution in [-0.4, -0.2) is 16.8 Å². The standard InChI is InChI=1S/3C4H9O.Nb/c3*1-4(2,3)5;/h3*1-3H3;/q3*-1;+3.